The molecule has 7 heteroatoms. The van der Waals surface area contributed by atoms with Gasteiger partial charge in [-0.25, -0.2) is 9.97 Å². The van der Waals surface area contributed by atoms with Crippen LogP contribution in [-0.4, -0.2) is 51.4 Å². The van der Waals surface area contributed by atoms with Gasteiger partial charge >= 0.3 is 0 Å². The van der Waals surface area contributed by atoms with Crippen LogP contribution in [0.15, 0.2) is 48.9 Å². The van der Waals surface area contributed by atoms with Crippen molar-refractivity contribution >= 4 is 29.0 Å². The molecule has 0 N–H and O–H groups in total. The van der Waals surface area contributed by atoms with E-state index in [1.54, 1.807) is 18.5 Å². The van der Waals surface area contributed by atoms with Crippen molar-refractivity contribution in [3.8, 4) is 0 Å². The van der Waals surface area contributed by atoms with Crippen LogP contribution in [0.4, 0.5) is 5.82 Å². The summed E-state index contributed by atoms with van der Waals surface area (Å²) in [4.78, 5) is 25.5. The maximum Gasteiger partial charge on any atom is 0.228 e. The van der Waals surface area contributed by atoms with Gasteiger partial charge < -0.3 is 14.2 Å². The number of imidazole rings is 1. The zero-order valence-corrected chi connectivity index (χ0v) is 14.4. The van der Waals surface area contributed by atoms with Crippen molar-refractivity contribution in [2.24, 2.45) is 0 Å². The summed E-state index contributed by atoms with van der Waals surface area (Å²) in [6.45, 7) is 3.00. The molecule has 4 heterocycles. The molecule has 0 radical (unpaired) electrons. The summed E-state index contributed by atoms with van der Waals surface area (Å²) >= 11 is 5.99. The molecule has 3 aromatic heterocycles. The third-order valence-corrected chi connectivity index (χ3v) is 4.63. The Morgan fingerprint density at radius 3 is 2.68 bits per heavy atom. The summed E-state index contributed by atoms with van der Waals surface area (Å²) in [5.41, 5.74) is 1.56. The van der Waals surface area contributed by atoms with Crippen LogP contribution in [0.25, 0.3) is 5.65 Å². The van der Waals surface area contributed by atoms with Gasteiger partial charge in [0.2, 0.25) is 5.91 Å². The molecule has 6 nitrogen and oxygen atoms in total. The number of hydrogen-bond donors (Lipinski definition) is 0. The standard InChI is InChI=1S/C18H18ClN5O/c19-14-4-5-17-21-15(13-24(17)12-14)11-18(25)23-9-7-22(8-10-23)16-3-1-2-6-20-16/h1-6,12-13H,7-11H2. The first kappa shape index (κ1) is 15.9. The van der Waals surface area contributed by atoms with Crippen LogP contribution in [0.5, 0.6) is 0 Å². The van der Waals surface area contributed by atoms with E-state index in [0.717, 1.165) is 30.2 Å². The van der Waals surface area contributed by atoms with Crippen LogP contribution in [-0.2, 0) is 11.2 Å². The second-order valence-corrected chi connectivity index (χ2v) is 6.51. The number of piperazine rings is 1. The lowest BCUT2D eigenvalue weighted by atomic mass is 10.2. The lowest BCUT2D eigenvalue weighted by Gasteiger charge is -2.35. The van der Waals surface area contributed by atoms with Crippen LogP contribution in [0, 0.1) is 0 Å². The van der Waals surface area contributed by atoms with Gasteiger partial charge in [-0.1, -0.05) is 17.7 Å². The maximum atomic E-state index is 12.6. The molecule has 1 aliphatic heterocycles. The Morgan fingerprint density at radius 2 is 1.92 bits per heavy atom. The zero-order valence-electron chi connectivity index (χ0n) is 13.7. The second kappa shape index (κ2) is 6.72. The molecule has 128 valence electrons. The summed E-state index contributed by atoms with van der Waals surface area (Å²) in [6.07, 6.45) is 5.76. The number of carbonyl (C=O) groups excluding carboxylic acids is 1. The summed E-state index contributed by atoms with van der Waals surface area (Å²) in [7, 11) is 0. The van der Waals surface area contributed by atoms with E-state index in [-0.39, 0.29) is 5.91 Å². The Balaban J connectivity index is 1.38. The predicted molar refractivity (Wildman–Crippen MR) is 96.9 cm³/mol. The van der Waals surface area contributed by atoms with Crippen molar-refractivity contribution in [2.75, 3.05) is 31.1 Å². The van der Waals surface area contributed by atoms with Crippen molar-refractivity contribution in [1.82, 2.24) is 19.3 Å². The molecule has 1 saturated heterocycles. The summed E-state index contributed by atoms with van der Waals surface area (Å²) < 4.78 is 1.85. The van der Waals surface area contributed by atoms with Crippen molar-refractivity contribution in [3.05, 3.63) is 59.6 Å². The first-order valence-electron chi connectivity index (χ1n) is 8.26. The van der Waals surface area contributed by atoms with E-state index in [0.29, 0.717) is 24.5 Å². The van der Waals surface area contributed by atoms with E-state index in [1.807, 2.05) is 39.8 Å². The SMILES string of the molecule is O=C(Cc1cn2cc(Cl)ccc2n1)N1CCN(c2ccccn2)CC1. The average molecular weight is 356 g/mol. The molecule has 0 atom stereocenters. The Labute approximate surface area is 150 Å². The van der Waals surface area contributed by atoms with Gasteiger partial charge in [-0.15, -0.1) is 0 Å². The molecule has 1 aliphatic rings. The molecular formula is C18H18ClN5O. The Morgan fingerprint density at radius 1 is 1.08 bits per heavy atom. The number of pyridine rings is 2. The molecule has 4 rings (SSSR count). The van der Waals surface area contributed by atoms with Gasteiger partial charge in [-0.3, -0.25) is 4.79 Å². The fraction of sp³-hybridized carbons (Fsp3) is 0.278. The van der Waals surface area contributed by atoms with E-state index in [4.69, 9.17) is 11.6 Å². The number of aromatic nitrogens is 3. The topological polar surface area (TPSA) is 53.7 Å². The highest BCUT2D eigenvalue weighted by Crippen LogP contribution is 2.15. The van der Waals surface area contributed by atoms with Gasteiger partial charge in [0.15, 0.2) is 0 Å². The monoisotopic (exact) mass is 355 g/mol. The van der Waals surface area contributed by atoms with E-state index < -0.39 is 0 Å². The summed E-state index contributed by atoms with van der Waals surface area (Å²) in [6, 6.07) is 9.54. The largest absolute Gasteiger partial charge is 0.353 e. The van der Waals surface area contributed by atoms with Crippen LogP contribution in [0.1, 0.15) is 5.69 Å². The quantitative estimate of drug-likeness (QED) is 0.723. The van der Waals surface area contributed by atoms with Crippen LogP contribution in [0.2, 0.25) is 5.02 Å². The summed E-state index contributed by atoms with van der Waals surface area (Å²) in [5, 5.41) is 0.647. The number of carbonyl (C=O) groups is 1. The van der Waals surface area contributed by atoms with Crippen molar-refractivity contribution in [1.29, 1.82) is 0 Å². The van der Waals surface area contributed by atoms with Crippen LogP contribution < -0.4 is 4.90 Å². The molecule has 0 bridgehead atoms. The van der Waals surface area contributed by atoms with E-state index in [1.165, 1.54) is 0 Å². The molecule has 0 saturated carbocycles. The molecule has 1 amide bonds. The third-order valence-electron chi connectivity index (χ3n) is 4.40. The highest BCUT2D eigenvalue weighted by atomic mass is 35.5. The van der Waals surface area contributed by atoms with Crippen molar-refractivity contribution < 1.29 is 4.79 Å². The third kappa shape index (κ3) is 3.44. The Bertz CT molecular complexity index is 887. The van der Waals surface area contributed by atoms with Gasteiger partial charge in [0.1, 0.15) is 11.5 Å². The second-order valence-electron chi connectivity index (χ2n) is 6.08. The normalized spacial score (nSPS) is 14.9. The summed E-state index contributed by atoms with van der Waals surface area (Å²) in [5.74, 6) is 1.07. The minimum Gasteiger partial charge on any atom is -0.353 e. The lowest BCUT2D eigenvalue weighted by molar-refractivity contribution is -0.130. The fourth-order valence-corrected chi connectivity index (χ4v) is 3.26. The highest BCUT2D eigenvalue weighted by Gasteiger charge is 2.22. The first-order chi connectivity index (χ1) is 12.2. The van der Waals surface area contributed by atoms with E-state index in [9.17, 15) is 4.79 Å². The van der Waals surface area contributed by atoms with Crippen molar-refractivity contribution in [3.63, 3.8) is 0 Å². The van der Waals surface area contributed by atoms with Crippen LogP contribution >= 0.6 is 11.6 Å². The van der Waals surface area contributed by atoms with Gasteiger partial charge in [-0.05, 0) is 24.3 Å². The fourth-order valence-electron chi connectivity index (χ4n) is 3.09. The van der Waals surface area contributed by atoms with E-state index >= 15 is 0 Å². The zero-order chi connectivity index (χ0) is 17.2. The highest BCUT2D eigenvalue weighted by molar-refractivity contribution is 6.30. The predicted octanol–water partition coefficient (Wildman–Crippen LogP) is 2.27. The van der Waals surface area contributed by atoms with Gasteiger partial charge in [-0.2, -0.15) is 0 Å². The number of amides is 1. The molecule has 0 spiro atoms. The minimum absolute atomic E-state index is 0.107. The van der Waals surface area contributed by atoms with Crippen molar-refractivity contribution in [2.45, 2.75) is 6.42 Å². The van der Waals surface area contributed by atoms with Gasteiger partial charge in [0.05, 0.1) is 17.1 Å². The molecular weight excluding hydrogens is 338 g/mol. The maximum absolute atomic E-state index is 12.6. The number of anilines is 1. The van der Waals surface area contributed by atoms with Crippen LogP contribution in [0.3, 0.4) is 0 Å². The molecule has 25 heavy (non-hydrogen) atoms. The number of nitrogens with zero attached hydrogens (tertiary/aromatic N) is 5. The van der Waals surface area contributed by atoms with Gasteiger partial charge in [0, 0.05) is 44.8 Å². The van der Waals surface area contributed by atoms with E-state index in [2.05, 4.69) is 14.9 Å². The number of halogens is 1. The Kier molecular flexibility index (Phi) is 4.28. The number of rotatable bonds is 3. The molecule has 0 aromatic carbocycles. The first-order valence-corrected chi connectivity index (χ1v) is 8.64. The average Bonchev–Trinajstić information content (AvgIpc) is 3.04. The number of fused-ring (bicyclic) bond motifs is 1. The Hall–Kier alpha value is -2.60. The molecule has 3 aromatic rings. The van der Waals surface area contributed by atoms with Gasteiger partial charge in [0.25, 0.3) is 0 Å². The number of hydrogen-bond acceptors (Lipinski definition) is 4. The molecule has 0 aliphatic carbocycles. The minimum atomic E-state index is 0.107. The smallest absolute Gasteiger partial charge is 0.228 e. The molecule has 0 unspecified atom stereocenters. The molecule has 1 fully saturated rings. The lowest BCUT2D eigenvalue weighted by Crippen LogP contribution is -2.49.